The van der Waals surface area contributed by atoms with Gasteiger partial charge in [-0.05, 0) is 38.8 Å². The van der Waals surface area contributed by atoms with E-state index in [1.54, 1.807) is 36.4 Å². The van der Waals surface area contributed by atoms with Gasteiger partial charge in [0.2, 0.25) is 17.7 Å². The molecule has 4 amide bonds. The van der Waals surface area contributed by atoms with E-state index in [0.717, 1.165) is 11.1 Å². The minimum Gasteiger partial charge on any atom is -0.480 e. The molecule has 0 saturated carbocycles. The van der Waals surface area contributed by atoms with E-state index < -0.39 is 53.4 Å². The lowest BCUT2D eigenvalue weighted by molar-refractivity contribution is -0.141. The van der Waals surface area contributed by atoms with Crippen molar-refractivity contribution in [1.29, 1.82) is 0 Å². The Labute approximate surface area is 221 Å². The van der Waals surface area contributed by atoms with Gasteiger partial charge in [-0.3, -0.25) is 19.2 Å². The van der Waals surface area contributed by atoms with Crippen molar-refractivity contribution in [1.82, 2.24) is 21.3 Å². The maximum absolute atomic E-state index is 13.3. The van der Waals surface area contributed by atoms with Gasteiger partial charge < -0.3 is 31.1 Å². The van der Waals surface area contributed by atoms with E-state index >= 15 is 0 Å². The van der Waals surface area contributed by atoms with E-state index in [1.807, 2.05) is 24.3 Å². The van der Waals surface area contributed by atoms with Gasteiger partial charge in [0.25, 0.3) is 0 Å². The number of amides is 4. The van der Waals surface area contributed by atoms with Gasteiger partial charge in [0.05, 0.1) is 0 Å². The van der Waals surface area contributed by atoms with Crippen LogP contribution >= 0.6 is 0 Å². The molecule has 0 heterocycles. The highest BCUT2D eigenvalue weighted by Crippen LogP contribution is 2.15. The number of ether oxygens (including phenoxy) is 1. The molecule has 0 unspecified atom stereocenters. The summed E-state index contributed by atoms with van der Waals surface area (Å²) in [5.41, 5.74) is 0.0605. The summed E-state index contributed by atoms with van der Waals surface area (Å²) in [4.78, 5) is 61.7. The minimum absolute atomic E-state index is 0.00889. The minimum atomic E-state index is -1.48. The highest BCUT2D eigenvalue weighted by atomic mass is 16.5. The van der Waals surface area contributed by atoms with Gasteiger partial charge in [-0.1, -0.05) is 60.7 Å². The lowest BCUT2D eigenvalue weighted by Crippen LogP contribution is -2.61. The molecule has 38 heavy (non-hydrogen) atoms. The zero-order valence-corrected chi connectivity index (χ0v) is 21.8. The fraction of sp³-hybridized carbons (Fsp3) is 0.370. The number of alkyl carbamates (subject to hydrolysis) is 1. The molecular formula is C27H34N4O7. The smallest absolute Gasteiger partial charge is 0.408 e. The summed E-state index contributed by atoms with van der Waals surface area (Å²) in [6.07, 6.45) is -0.697. The zero-order valence-electron chi connectivity index (χ0n) is 21.8. The van der Waals surface area contributed by atoms with Gasteiger partial charge in [-0.25, -0.2) is 4.79 Å². The van der Waals surface area contributed by atoms with Gasteiger partial charge in [0.15, 0.2) is 0 Å². The predicted molar refractivity (Wildman–Crippen MR) is 139 cm³/mol. The SMILES string of the molecule is C[C@H](NC(=O)[C@H](C)NC(=O)[C@H](C)NC(=O)[C@@](C)(Cc1ccccc1)NC(=O)OCc1ccccc1)C(=O)O. The van der Waals surface area contributed by atoms with Crippen LogP contribution in [0.25, 0.3) is 0 Å². The van der Waals surface area contributed by atoms with Crippen molar-refractivity contribution in [2.75, 3.05) is 0 Å². The quantitative estimate of drug-likeness (QED) is 0.280. The van der Waals surface area contributed by atoms with E-state index in [9.17, 15) is 24.0 Å². The summed E-state index contributed by atoms with van der Waals surface area (Å²) in [7, 11) is 0. The van der Waals surface area contributed by atoms with Crippen LogP contribution in [-0.4, -0.2) is 58.6 Å². The first-order valence-electron chi connectivity index (χ1n) is 12.1. The van der Waals surface area contributed by atoms with E-state index in [1.165, 1.54) is 27.7 Å². The van der Waals surface area contributed by atoms with Crippen LogP contribution in [0.2, 0.25) is 0 Å². The Morgan fingerprint density at radius 3 is 1.76 bits per heavy atom. The third-order valence-electron chi connectivity index (χ3n) is 5.71. The van der Waals surface area contributed by atoms with Gasteiger partial charge in [0, 0.05) is 6.42 Å². The van der Waals surface area contributed by atoms with Crippen LogP contribution in [0.1, 0.15) is 38.8 Å². The van der Waals surface area contributed by atoms with Crippen molar-refractivity contribution in [3.05, 3.63) is 71.8 Å². The normalized spacial score (nSPS) is 14.5. The molecule has 0 bridgehead atoms. The number of nitrogens with one attached hydrogen (secondary N) is 4. The van der Waals surface area contributed by atoms with Crippen LogP contribution in [-0.2, 0) is 36.9 Å². The molecule has 0 aliphatic rings. The maximum Gasteiger partial charge on any atom is 0.408 e. The lowest BCUT2D eigenvalue weighted by Gasteiger charge is -2.31. The highest BCUT2D eigenvalue weighted by Gasteiger charge is 2.37. The Bertz CT molecular complexity index is 1130. The van der Waals surface area contributed by atoms with Crippen molar-refractivity contribution in [3.63, 3.8) is 0 Å². The molecule has 0 radical (unpaired) electrons. The molecule has 0 fully saturated rings. The number of carbonyl (C=O) groups excluding carboxylic acids is 4. The van der Waals surface area contributed by atoms with E-state index in [4.69, 9.17) is 9.84 Å². The summed E-state index contributed by atoms with van der Waals surface area (Å²) >= 11 is 0. The highest BCUT2D eigenvalue weighted by molar-refractivity contribution is 5.95. The summed E-state index contributed by atoms with van der Waals surface area (Å²) in [5.74, 6) is -3.22. The Morgan fingerprint density at radius 2 is 1.24 bits per heavy atom. The zero-order chi connectivity index (χ0) is 28.3. The molecule has 11 nitrogen and oxygen atoms in total. The first-order valence-corrected chi connectivity index (χ1v) is 12.1. The van der Waals surface area contributed by atoms with E-state index in [2.05, 4.69) is 21.3 Å². The number of hydrogen-bond acceptors (Lipinski definition) is 6. The Kier molecular flexibility index (Phi) is 10.8. The molecule has 0 aliphatic carbocycles. The second-order valence-corrected chi connectivity index (χ2v) is 9.18. The molecule has 0 aliphatic heterocycles. The van der Waals surface area contributed by atoms with E-state index in [0.29, 0.717) is 0 Å². The molecule has 4 atom stereocenters. The summed E-state index contributed by atoms with van der Waals surface area (Å²) < 4.78 is 5.30. The Hall–Kier alpha value is -4.41. The van der Waals surface area contributed by atoms with Crippen molar-refractivity contribution in [2.24, 2.45) is 0 Å². The third-order valence-corrected chi connectivity index (χ3v) is 5.71. The number of carbonyl (C=O) groups is 5. The van der Waals surface area contributed by atoms with Crippen LogP contribution < -0.4 is 21.3 Å². The first kappa shape index (κ1) is 29.8. The number of rotatable bonds is 12. The monoisotopic (exact) mass is 526 g/mol. The topological polar surface area (TPSA) is 163 Å². The molecule has 0 aromatic heterocycles. The van der Waals surface area contributed by atoms with Crippen LogP contribution in [0, 0.1) is 0 Å². The predicted octanol–water partition coefficient (Wildman–Crippen LogP) is 1.51. The Morgan fingerprint density at radius 1 is 0.763 bits per heavy atom. The molecule has 5 N–H and O–H groups in total. The first-order chi connectivity index (χ1) is 17.9. The standard InChI is InChI=1S/C27H34N4O7/c1-17(22(32)29-19(3)24(34)35)28-23(33)18(2)30-25(36)27(4,15-20-11-7-5-8-12-20)31-26(37)38-16-21-13-9-6-10-14-21/h5-14,17-19H,15-16H2,1-4H3,(H,28,33)(H,29,32)(H,30,36)(H,31,37)(H,34,35)/t17-,18-,19-,27+/m0/s1. The molecule has 0 spiro atoms. The van der Waals surface area contributed by atoms with Gasteiger partial charge in [-0.15, -0.1) is 0 Å². The van der Waals surface area contributed by atoms with Crippen molar-refractivity contribution in [2.45, 2.75) is 64.4 Å². The third kappa shape index (κ3) is 9.23. The number of benzene rings is 2. The van der Waals surface area contributed by atoms with E-state index in [-0.39, 0.29) is 13.0 Å². The number of carboxylic acids is 1. The molecule has 2 rings (SSSR count). The molecule has 2 aromatic carbocycles. The molecule has 11 heteroatoms. The van der Waals surface area contributed by atoms with Crippen molar-refractivity contribution >= 4 is 29.8 Å². The average Bonchev–Trinajstić information content (AvgIpc) is 2.88. The van der Waals surface area contributed by atoms with Gasteiger partial charge in [-0.2, -0.15) is 0 Å². The van der Waals surface area contributed by atoms with Crippen molar-refractivity contribution < 1.29 is 33.8 Å². The fourth-order valence-electron chi connectivity index (χ4n) is 3.40. The van der Waals surface area contributed by atoms with Crippen LogP contribution in [0.4, 0.5) is 4.79 Å². The van der Waals surface area contributed by atoms with Crippen LogP contribution in [0.3, 0.4) is 0 Å². The maximum atomic E-state index is 13.3. The molecule has 2 aromatic rings. The van der Waals surface area contributed by atoms with Crippen molar-refractivity contribution in [3.8, 4) is 0 Å². The average molecular weight is 527 g/mol. The molecular weight excluding hydrogens is 492 g/mol. The second kappa shape index (κ2) is 13.8. The summed E-state index contributed by atoms with van der Waals surface area (Å²) in [6, 6.07) is 14.8. The van der Waals surface area contributed by atoms with Crippen LogP contribution in [0.15, 0.2) is 60.7 Å². The van der Waals surface area contributed by atoms with Crippen LogP contribution in [0.5, 0.6) is 0 Å². The fourth-order valence-corrected chi connectivity index (χ4v) is 3.40. The van der Waals surface area contributed by atoms with Gasteiger partial charge in [0.1, 0.15) is 30.3 Å². The summed E-state index contributed by atoms with van der Waals surface area (Å²) in [6.45, 7) is 5.64. The molecule has 0 saturated heterocycles. The lowest BCUT2D eigenvalue weighted by atomic mass is 9.91. The summed E-state index contributed by atoms with van der Waals surface area (Å²) in [5, 5.41) is 18.8. The van der Waals surface area contributed by atoms with Gasteiger partial charge >= 0.3 is 12.1 Å². The number of hydrogen-bond donors (Lipinski definition) is 5. The largest absolute Gasteiger partial charge is 0.480 e. The molecule has 204 valence electrons. The number of aliphatic carboxylic acids is 1. The Balaban J connectivity index is 2.06. The second-order valence-electron chi connectivity index (χ2n) is 9.18. The number of carboxylic acid groups (broad SMARTS) is 1.